The largest absolute Gasteiger partial charge is 0.497 e. The summed E-state index contributed by atoms with van der Waals surface area (Å²) >= 11 is 0. The first-order valence-electron chi connectivity index (χ1n) is 8.84. The highest BCUT2D eigenvalue weighted by atomic mass is 32.2. The lowest BCUT2D eigenvalue weighted by atomic mass is 10.1. The van der Waals surface area contributed by atoms with Crippen molar-refractivity contribution in [3.8, 4) is 5.75 Å². The molecule has 3 aromatic carbocycles. The molecule has 0 fully saturated rings. The van der Waals surface area contributed by atoms with Crippen LogP contribution in [0.15, 0.2) is 60.7 Å². The van der Waals surface area contributed by atoms with E-state index in [2.05, 4.69) is 6.07 Å². The van der Waals surface area contributed by atoms with Crippen molar-refractivity contribution < 1.29 is 17.9 Å². The molecule has 0 aliphatic rings. The van der Waals surface area contributed by atoms with Gasteiger partial charge in [-0.1, -0.05) is 30.3 Å². The van der Waals surface area contributed by atoms with Crippen LogP contribution >= 0.6 is 0 Å². The topological polar surface area (TPSA) is 63.7 Å². The van der Waals surface area contributed by atoms with Crippen LogP contribution < -0.4 is 4.74 Å². The monoisotopic (exact) mass is 397 g/mol. The molecule has 1 amide bonds. The van der Waals surface area contributed by atoms with E-state index >= 15 is 0 Å². The molecule has 5 nitrogen and oxygen atoms in total. The van der Waals surface area contributed by atoms with Gasteiger partial charge in [0.25, 0.3) is 5.91 Å². The molecular formula is C22H23NO4S. The van der Waals surface area contributed by atoms with Crippen LogP contribution in [0.25, 0.3) is 10.8 Å². The third-order valence-corrected chi connectivity index (χ3v) is 5.37. The van der Waals surface area contributed by atoms with Crippen LogP contribution in [-0.2, 0) is 22.1 Å². The molecule has 0 saturated heterocycles. The highest BCUT2D eigenvalue weighted by Crippen LogP contribution is 2.22. The molecule has 0 aliphatic carbocycles. The number of nitrogens with zero attached hydrogens (tertiary/aromatic N) is 1. The predicted molar refractivity (Wildman–Crippen MR) is 111 cm³/mol. The van der Waals surface area contributed by atoms with Crippen molar-refractivity contribution in [1.29, 1.82) is 0 Å². The van der Waals surface area contributed by atoms with Gasteiger partial charge in [-0.05, 0) is 52.2 Å². The Morgan fingerprint density at radius 1 is 0.929 bits per heavy atom. The molecule has 0 N–H and O–H groups in total. The van der Waals surface area contributed by atoms with E-state index < -0.39 is 9.84 Å². The Morgan fingerprint density at radius 2 is 1.54 bits per heavy atom. The fourth-order valence-corrected chi connectivity index (χ4v) is 3.91. The molecule has 3 aromatic rings. The first kappa shape index (κ1) is 19.9. The Kier molecular flexibility index (Phi) is 5.70. The molecule has 0 atom stereocenters. The SMILES string of the molecule is COc1ccc2cc(CN(C)C(=O)c3ccc(CS(C)(=O)=O)cc3)ccc2c1. The van der Waals surface area contributed by atoms with Crippen LogP contribution in [0.5, 0.6) is 5.75 Å². The number of fused-ring (bicyclic) bond motifs is 1. The van der Waals surface area contributed by atoms with Gasteiger partial charge in [0.05, 0.1) is 12.9 Å². The van der Waals surface area contributed by atoms with Crippen molar-refractivity contribution >= 4 is 26.5 Å². The Balaban J connectivity index is 1.72. The molecule has 0 saturated carbocycles. The average molecular weight is 397 g/mol. The number of amides is 1. The standard InChI is InChI=1S/C22H23NO4S/c1-23(22(24)18-7-4-16(5-8-18)15-28(3,25)26)14-17-6-9-20-13-21(27-2)11-10-19(20)12-17/h4-13H,14-15H2,1-3H3. The predicted octanol–water partition coefficient (Wildman–Crippen LogP) is 3.67. The highest BCUT2D eigenvalue weighted by Gasteiger charge is 2.13. The Morgan fingerprint density at radius 3 is 2.18 bits per heavy atom. The van der Waals surface area contributed by atoms with E-state index in [0.717, 1.165) is 22.1 Å². The zero-order valence-electron chi connectivity index (χ0n) is 16.2. The summed E-state index contributed by atoms with van der Waals surface area (Å²) in [5, 5.41) is 2.17. The molecule has 0 aliphatic heterocycles. The minimum Gasteiger partial charge on any atom is -0.497 e. The number of carbonyl (C=O) groups is 1. The summed E-state index contributed by atoms with van der Waals surface area (Å²) in [6.07, 6.45) is 1.19. The first-order valence-corrected chi connectivity index (χ1v) is 10.9. The fraction of sp³-hybridized carbons (Fsp3) is 0.227. The van der Waals surface area contributed by atoms with Crippen LogP contribution in [0.1, 0.15) is 21.5 Å². The van der Waals surface area contributed by atoms with Gasteiger partial charge in [-0.25, -0.2) is 8.42 Å². The summed E-state index contributed by atoms with van der Waals surface area (Å²) in [7, 11) is 0.305. The van der Waals surface area contributed by atoms with Gasteiger partial charge >= 0.3 is 0 Å². The number of hydrogen-bond acceptors (Lipinski definition) is 4. The third kappa shape index (κ3) is 4.89. The van der Waals surface area contributed by atoms with Crippen LogP contribution in [0.3, 0.4) is 0 Å². The van der Waals surface area contributed by atoms with E-state index in [9.17, 15) is 13.2 Å². The van der Waals surface area contributed by atoms with E-state index in [1.807, 2.05) is 30.3 Å². The Bertz CT molecular complexity index is 1110. The zero-order valence-corrected chi connectivity index (χ0v) is 17.0. The van der Waals surface area contributed by atoms with Crippen molar-refractivity contribution in [2.75, 3.05) is 20.4 Å². The lowest BCUT2D eigenvalue weighted by Crippen LogP contribution is -2.26. The van der Waals surface area contributed by atoms with Gasteiger partial charge in [0.1, 0.15) is 5.75 Å². The maximum atomic E-state index is 12.7. The van der Waals surface area contributed by atoms with Gasteiger partial charge < -0.3 is 9.64 Å². The van der Waals surface area contributed by atoms with Gasteiger partial charge in [-0.2, -0.15) is 0 Å². The number of sulfone groups is 1. The summed E-state index contributed by atoms with van der Waals surface area (Å²) in [6.45, 7) is 0.478. The first-order chi connectivity index (χ1) is 13.2. The summed E-state index contributed by atoms with van der Waals surface area (Å²) in [5.74, 6) is 0.673. The lowest BCUT2D eigenvalue weighted by molar-refractivity contribution is 0.0785. The van der Waals surface area contributed by atoms with Crippen molar-refractivity contribution in [1.82, 2.24) is 4.90 Å². The summed E-state index contributed by atoms with van der Waals surface area (Å²) in [5.41, 5.74) is 2.24. The van der Waals surface area contributed by atoms with Crippen molar-refractivity contribution in [3.63, 3.8) is 0 Å². The average Bonchev–Trinajstić information content (AvgIpc) is 2.66. The van der Waals surface area contributed by atoms with Crippen molar-refractivity contribution in [3.05, 3.63) is 77.4 Å². The van der Waals surface area contributed by atoms with E-state index in [-0.39, 0.29) is 11.7 Å². The molecule has 6 heteroatoms. The van der Waals surface area contributed by atoms with Crippen LogP contribution in [-0.4, -0.2) is 39.6 Å². The molecule has 3 rings (SSSR count). The minimum absolute atomic E-state index is 0.0286. The molecular weight excluding hydrogens is 374 g/mol. The maximum Gasteiger partial charge on any atom is 0.253 e. The van der Waals surface area contributed by atoms with E-state index in [1.165, 1.54) is 6.26 Å². The smallest absolute Gasteiger partial charge is 0.253 e. The normalized spacial score (nSPS) is 11.4. The molecule has 0 spiro atoms. The molecule has 0 radical (unpaired) electrons. The Hall–Kier alpha value is -2.86. The van der Waals surface area contributed by atoms with E-state index in [1.54, 1.807) is 43.3 Å². The van der Waals surface area contributed by atoms with Gasteiger partial charge in [0.2, 0.25) is 0 Å². The number of rotatable bonds is 6. The number of ether oxygens (including phenoxy) is 1. The second kappa shape index (κ2) is 8.02. The number of methoxy groups -OCH3 is 1. The van der Waals surface area contributed by atoms with Gasteiger partial charge in [0, 0.05) is 25.4 Å². The van der Waals surface area contributed by atoms with Gasteiger partial charge in [0.15, 0.2) is 9.84 Å². The number of benzene rings is 3. The lowest BCUT2D eigenvalue weighted by Gasteiger charge is -2.18. The minimum atomic E-state index is -3.09. The molecule has 0 aromatic heterocycles. The second-order valence-corrected chi connectivity index (χ2v) is 9.12. The molecule has 0 heterocycles. The van der Waals surface area contributed by atoms with Gasteiger partial charge in [-0.3, -0.25) is 4.79 Å². The van der Waals surface area contributed by atoms with Gasteiger partial charge in [-0.15, -0.1) is 0 Å². The zero-order chi connectivity index (χ0) is 20.3. The second-order valence-electron chi connectivity index (χ2n) is 6.98. The fourth-order valence-electron chi connectivity index (χ4n) is 3.11. The number of hydrogen-bond donors (Lipinski definition) is 0. The quantitative estimate of drug-likeness (QED) is 0.637. The highest BCUT2D eigenvalue weighted by molar-refractivity contribution is 7.89. The van der Waals surface area contributed by atoms with Crippen LogP contribution in [0, 0.1) is 0 Å². The molecule has 146 valence electrons. The van der Waals surface area contributed by atoms with Crippen molar-refractivity contribution in [2.45, 2.75) is 12.3 Å². The van der Waals surface area contributed by atoms with Crippen LogP contribution in [0.2, 0.25) is 0 Å². The summed E-state index contributed by atoms with van der Waals surface area (Å²) < 4.78 is 28.0. The summed E-state index contributed by atoms with van der Waals surface area (Å²) in [6, 6.07) is 18.7. The molecule has 0 bridgehead atoms. The Labute approximate surface area is 165 Å². The van der Waals surface area contributed by atoms with Crippen molar-refractivity contribution in [2.24, 2.45) is 0 Å². The van der Waals surface area contributed by atoms with E-state index in [4.69, 9.17) is 4.74 Å². The summed E-state index contributed by atoms with van der Waals surface area (Å²) in [4.78, 5) is 14.3. The molecule has 0 unspecified atom stereocenters. The van der Waals surface area contributed by atoms with Crippen LogP contribution in [0.4, 0.5) is 0 Å². The maximum absolute atomic E-state index is 12.7. The molecule has 28 heavy (non-hydrogen) atoms. The van der Waals surface area contributed by atoms with E-state index in [0.29, 0.717) is 17.7 Å². The number of carbonyl (C=O) groups excluding carboxylic acids is 1. The third-order valence-electron chi connectivity index (χ3n) is 4.51.